The van der Waals surface area contributed by atoms with E-state index >= 15 is 0 Å². The summed E-state index contributed by atoms with van der Waals surface area (Å²) >= 11 is 0. The zero-order valence-electron chi connectivity index (χ0n) is 14.9. The second kappa shape index (κ2) is 7.51. The van der Waals surface area contributed by atoms with Gasteiger partial charge in [-0.3, -0.25) is 19.4 Å². The van der Waals surface area contributed by atoms with E-state index in [4.69, 9.17) is 0 Å². The van der Waals surface area contributed by atoms with Gasteiger partial charge in [0.2, 0.25) is 11.5 Å². The molecule has 2 aromatic heterocycles. The van der Waals surface area contributed by atoms with E-state index < -0.39 is 0 Å². The second-order valence-electron chi connectivity index (χ2n) is 6.49. The van der Waals surface area contributed by atoms with Gasteiger partial charge in [0.15, 0.2) is 0 Å². The molecule has 1 aliphatic rings. The van der Waals surface area contributed by atoms with Crippen molar-refractivity contribution in [1.29, 1.82) is 0 Å². The van der Waals surface area contributed by atoms with Crippen molar-refractivity contribution in [2.45, 2.75) is 32.4 Å². The zero-order chi connectivity index (χ0) is 18.7. The molecule has 2 amide bonds. The lowest BCUT2D eigenvalue weighted by Crippen LogP contribution is -2.32. The van der Waals surface area contributed by atoms with Crippen LogP contribution in [0.25, 0.3) is 0 Å². The summed E-state index contributed by atoms with van der Waals surface area (Å²) in [7, 11) is 1.63. The Hall–Kier alpha value is -2.96. The Morgan fingerprint density at radius 2 is 2.08 bits per heavy atom. The van der Waals surface area contributed by atoms with Crippen LogP contribution < -0.4 is 10.9 Å². The van der Waals surface area contributed by atoms with Crippen LogP contribution in [0.4, 0.5) is 0 Å². The molecule has 1 fully saturated rings. The number of nitrogens with zero attached hydrogens (tertiary/aromatic N) is 3. The molecule has 1 saturated heterocycles. The largest absolute Gasteiger partial charge is 0.351 e. The van der Waals surface area contributed by atoms with Crippen LogP contribution in [0.2, 0.25) is 0 Å². The number of aromatic nitrogens is 2. The van der Waals surface area contributed by atoms with Gasteiger partial charge in [-0.05, 0) is 31.0 Å². The average Bonchev–Trinajstić information content (AvgIpc) is 3.11. The smallest absolute Gasteiger partial charge is 0.255 e. The van der Waals surface area contributed by atoms with Gasteiger partial charge in [-0.2, -0.15) is 0 Å². The van der Waals surface area contributed by atoms with E-state index in [0.29, 0.717) is 18.7 Å². The molecule has 0 spiro atoms. The molecule has 0 saturated carbocycles. The molecule has 7 nitrogen and oxygen atoms in total. The number of rotatable bonds is 4. The van der Waals surface area contributed by atoms with Crippen LogP contribution in [-0.4, -0.2) is 32.8 Å². The highest BCUT2D eigenvalue weighted by Gasteiger charge is 2.31. The highest BCUT2D eigenvalue weighted by Crippen LogP contribution is 2.32. The molecular formula is C19H22N4O3. The molecule has 0 bridgehead atoms. The third-order valence-corrected chi connectivity index (χ3v) is 4.53. The highest BCUT2D eigenvalue weighted by atomic mass is 16.2. The standard InChI is InChI=1S/C19H22N4O3/c1-13(24)20-11-15-5-3-6-16(21-15)17-7-4-10-23(17)19(26)14-8-9-18(25)22(2)12-14/h3,5-6,8-9,12,17H,4,7,10-11H2,1-2H3,(H,20,24)/t17-/m0/s1. The monoisotopic (exact) mass is 354 g/mol. The number of aryl methyl sites for hydroxylation is 1. The normalized spacial score (nSPS) is 16.5. The minimum absolute atomic E-state index is 0.0998. The molecular weight excluding hydrogens is 332 g/mol. The first kappa shape index (κ1) is 17.8. The first-order chi connectivity index (χ1) is 12.5. The third kappa shape index (κ3) is 3.82. The summed E-state index contributed by atoms with van der Waals surface area (Å²) < 4.78 is 1.41. The Morgan fingerprint density at radius 3 is 2.81 bits per heavy atom. The lowest BCUT2D eigenvalue weighted by molar-refractivity contribution is -0.119. The molecule has 1 aliphatic heterocycles. The number of likely N-dealkylation sites (tertiary alicyclic amines) is 1. The Labute approximate surface area is 151 Å². The van der Waals surface area contributed by atoms with E-state index in [9.17, 15) is 14.4 Å². The molecule has 136 valence electrons. The zero-order valence-corrected chi connectivity index (χ0v) is 14.9. The fourth-order valence-electron chi connectivity index (χ4n) is 3.20. The molecule has 26 heavy (non-hydrogen) atoms. The highest BCUT2D eigenvalue weighted by molar-refractivity contribution is 5.94. The summed E-state index contributed by atoms with van der Waals surface area (Å²) in [6, 6.07) is 8.54. The minimum Gasteiger partial charge on any atom is -0.351 e. The van der Waals surface area contributed by atoms with E-state index in [1.807, 2.05) is 23.1 Å². The van der Waals surface area contributed by atoms with Gasteiger partial charge in [0.05, 0.1) is 29.5 Å². The maximum Gasteiger partial charge on any atom is 0.255 e. The SMILES string of the molecule is CC(=O)NCc1cccc([C@@H]2CCCN2C(=O)c2ccc(=O)n(C)c2)n1. The van der Waals surface area contributed by atoms with Crippen molar-refractivity contribution in [3.05, 3.63) is 63.8 Å². The van der Waals surface area contributed by atoms with Crippen molar-refractivity contribution in [2.24, 2.45) is 7.05 Å². The first-order valence-electron chi connectivity index (χ1n) is 8.63. The first-order valence-corrected chi connectivity index (χ1v) is 8.63. The fourth-order valence-corrected chi connectivity index (χ4v) is 3.20. The molecule has 2 aromatic rings. The van der Waals surface area contributed by atoms with Crippen molar-refractivity contribution in [2.75, 3.05) is 6.54 Å². The van der Waals surface area contributed by atoms with Crippen LogP contribution in [0.3, 0.4) is 0 Å². The fraction of sp³-hybridized carbons (Fsp3) is 0.368. The van der Waals surface area contributed by atoms with Gasteiger partial charge in [-0.1, -0.05) is 6.07 Å². The van der Waals surface area contributed by atoms with Crippen LogP contribution in [-0.2, 0) is 18.4 Å². The minimum atomic E-state index is -0.146. The number of hydrogen-bond acceptors (Lipinski definition) is 4. The van der Waals surface area contributed by atoms with E-state index in [1.54, 1.807) is 19.3 Å². The summed E-state index contributed by atoms with van der Waals surface area (Å²) in [5, 5.41) is 2.74. The van der Waals surface area contributed by atoms with Crippen molar-refractivity contribution < 1.29 is 9.59 Å². The maximum absolute atomic E-state index is 12.9. The van der Waals surface area contributed by atoms with Crippen LogP contribution in [0.5, 0.6) is 0 Å². The predicted octanol–water partition coefficient (Wildman–Crippen LogP) is 1.39. The molecule has 0 aromatic carbocycles. The van der Waals surface area contributed by atoms with Crippen molar-refractivity contribution in [1.82, 2.24) is 19.8 Å². The Morgan fingerprint density at radius 1 is 1.27 bits per heavy atom. The van der Waals surface area contributed by atoms with E-state index in [-0.39, 0.29) is 23.4 Å². The van der Waals surface area contributed by atoms with Gasteiger partial charge in [-0.15, -0.1) is 0 Å². The number of carbonyl (C=O) groups is 2. The van der Waals surface area contributed by atoms with E-state index in [0.717, 1.165) is 24.2 Å². The van der Waals surface area contributed by atoms with Crippen molar-refractivity contribution >= 4 is 11.8 Å². The van der Waals surface area contributed by atoms with Gasteiger partial charge in [-0.25, -0.2) is 0 Å². The van der Waals surface area contributed by atoms with Crippen molar-refractivity contribution in [3.63, 3.8) is 0 Å². The Bertz CT molecular complexity index is 890. The molecule has 3 heterocycles. The molecule has 0 aliphatic carbocycles. The average molecular weight is 354 g/mol. The van der Waals surface area contributed by atoms with E-state index in [1.165, 1.54) is 17.6 Å². The number of nitrogens with one attached hydrogen (secondary N) is 1. The van der Waals surface area contributed by atoms with Gasteiger partial charge in [0, 0.05) is 32.8 Å². The number of carbonyl (C=O) groups excluding carboxylic acids is 2. The summed E-state index contributed by atoms with van der Waals surface area (Å²) in [6.07, 6.45) is 3.31. The topological polar surface area (TPSA) is 84.3 Å². The van der Waals surface area contributed by atoms with Crippen LogP contribution in [0, 0.1) is 0 Å². The summed E-state index contributed by atoms with van der Waals surface area (Å²) in [6.45, 7) is 2.49. The van der Waals surface area contributed by atoms with Crippen molar-refractivity contribution in [3.8, 4) is 0 Å². The van der Waals surface area contributed by atoms with Gasteiger partial charge in [0.25, 0.3) is 5.91 Å². The molecule has 7 heteroatoms. The predicted molar refractivity (Wildman–Crippen MR) is 96.5 cm³/mol. The summed E-state index contributed by atoms with van der Waals surface area (Å²) in [4.78, 5) is 42.0. The molecule has 1 atom stereocenters. The second-order valence-corrected chi connectivity index (χ2v) is 6.49. The molecule has 1 N–H and O–H groups in total. The summed E-state index contributed by atoms with van der Waals surface area (Å²) in [5.74, 6) is -0.207. The van der Waals surface area contributed by atoms with Crippen LogP contribution in [0.1, 0.15) is 47.6 Å². The van der Waals surface area contributed by atoms with Gasteiger partial charge in [0.1, 0.15) is 0 Å². The molecule has 0 unspecified atom stereocenters. The van der Waals surface area contributed by atoms with Gasteiger partial charge < -0.3 is 14.8 Å². The third-order valence-electron chi connectivity index (χ3n) is 4.53. The number of amides is 2. The Balaban J connectivity index is 1.82. The van der Waals surface area contributed by atoms with E-state index in [2.05, 4.69) is 10.3 Å². The number of hydrogen-bond donors (Lipinski definition) is 1. The lowest BCUT2D eigenvalue weighted by Gasteiger charge is -2.25. The lowest BCUT2D eigenvalue weighted by atomic mass is 10.1. The molecule has 0 radical (unpaired) electrons. The number of pyridine rings is 2. The van der Waals surface area contributed by atoms with Crippen LogP contribution in [0.15, 0.2) is 41.3 Å². The quantitative estimate of drug-likeness (QED) is 0.899. The molecule has 3 rings (SSSR count). The van der Waals surface area contributed by atoms with Crippen LogP contribution >= 0.6 is 0 Å². The van der Waals surface area contributed by atoms with Gasteiger partial charge >= 0.3 is 0 Å². The maximum atomic E-state index is 12.9. The summed E-state index contributed by atoms with van der Waals surface area (Å²) in [5.41, 5.74) is 1.93. The Kier molecular flexibility index (Phi) is 5.16.